The summed E-state index contributed by atoms with van der Waals surface area (Å²) in [4.78, 5) is 20.8. The second-order valence-corrected chi connectivity index (χ2v) is 5.65. The van der Waals surface area contributed by atoms with Gasteiger partial charge < -0.3 is 4.90 Å². The van der Waals surface area contributed by atoms with Gasteiger partial charge in [0.15, 0.2) is 0 Å². The van der Waals surface area contributed by atoms with Crippen LogP contribution in [0.25, 0.3) is 0 Å². The number of carbonyl (C=O) groups is 1. The molecule has 0 N–H and O–H groups in total. The maximum atomic E-state index is 12.3. The summed E-state index contributed by atoms with van der Waals surface area (Å²) in [5.41, 5.74) is 2.23. The minimum atomic E-state index is 0.146. The molecule has 1 aliphatic rings. The van der Waals surface area contributed by atoms with Crippen LogP contribution in [0.4, 0.5) is 0 Å². The zero-order valence-corrected chi connectivity index (χ0v) is 12.9. The predicted molar refractivity (Wildman–Crippen MR) is 83.1 cm³/mol. The van der Waals surface area contributed by atoms with Crippen molar-refractivity contribution in [2.24, 2.45) is 0 Å². The maximum Gasteiger partial charge on any atom is 0.244 e. The zero-order valence-electron chi connectivity index (χ0n) is 12.9. The topological polar surface area (TPSA) is 54.3 Å². The molecule has 2 aromatic rings. The Kier molecular flexibility index (Phi) is 4.48. The van der Waals surface area contributed by atoms with Gasteiger partial charge in [-0.1, -0.05) is 6.07 Å². The summed E-state index contributed by atoms with van der Waals surface area (Å²) < 4.78 is 1.75. The van der Waals surface area contributed by atoms with Gasteiger partial charge in [0, 0.05) is 57.0 Å². The van der Waals surface area contributed by atoms with Crippen molar-refractivity contribution >= 4 is 5.91 Å². The van der Waals surface area contributed by atoms with Crippen molar-refractivity contribution in [1.29, 1.82) is 0 Å². The molecule has 2 aromatic heterocycles. The summed E-state index contributed by atoms with van der Waals surface area (Å²) in [6.45, 7) is 6.55. The third-order valence-corrected chi connectivity index (χ3v) is 4.07. The lowest BCUT2D eigenvalue weighted by Crippen LogP contribution is -2.49. The summed E-state index contributed by atoms with van der Waals surface area (Å²) in [6.07, 6.45) is 5.42. The monoisotopic (exact) mass is 299 g/mol. The number of aromatic nitrogens is 3. The predicted octanol–water partition coefficient (Wildman–Crippen LogP) is 0.931. The molecule has 0 atom stereocenters. The van der Waals surface area contributed by atoms with E-state index in [1.54, 1.807) is 17.1 Å². The maximum absolute atomic E-state index is 12.3. The van der Waals surface area contributed by atoms with Crippen LogP contribution < -0.4 is 0 Å². The normalized spacial score (nSPS) is 16.0. The van der Waals surface area contributed by atoms with Crippen molar-refractivity contribution < 1.29 is 4.79 Å². The fraction of sp³-hybridized carbons (Fsp3) is 0.438. The fourth-order valence-electron chi connectivity index (χ4n) is 2.70. The number of carbonyl (C=O) groups excluding carboxylic acids is 1. The minimum Gasteiger partial charge on any atom is -0.339 e. The molecular formula is C16H21N5O. The van der Waals surface area contributed by atoms with Crippen LogP contribution in [0.2, 0.25) is 0 Å². The molecular weight excluding hydrogens is 278 g/mol. The molecule has 3 rings (SSSR count). The van der Waals surface area contributed by atoms with Crippen LogP contribution in [0.3, 0.4) is 0 Å². The van der Waals surface area contributed by atoms with E-state index in [-0.39, 0.29) is 5.91 Å². The molecule has 0 radical (unpaired) electrons. The van der Waals surface area contributed by atoms with Crippen LogP contribution in [-0.4, -0.2) is 56.7 Å². The number of amides is 1. The lowest BCUT2D eigenvalue weighted by atomic mass is 10.2. The van der Waals surface area contributed by atoms with Crippen molar-refractivity contribution in [3.63, 3.8) is 0 Å². The van der Waals surface area contributed by atoms with Crippen molar-refractivity contribution in [3.05, 3.63) is 48.0 Å². The number of piperazine rings is 1. The smallest absolute Gasteiger partial charge is 0.244 e. The first-order valence-corrected chi connectivity index (χ1v) is 7.60. The third kappa shape index (κ3) is 3.51. The summed E-state index contributed by atoms with van der Waals surface area (Å²) in [6, 6.07) is 5.96. The Morgan fingerprint density at radius 1 is 1.18 bits per heavy atom. The van der Waals surface area contributed by atoms with Gasteiger partial charge in [0.25, 0.3) is 0 Å². The molecule has 1 amide bonds. The van der Waals surface area contributed by atoms with E-state index in [2.05, 4.69) is 21.0 Å². The number of aryl methyl sites for hydroxylation is 1. The zero-order chi connectivity index (χ0) is 15.4. The van der Waals surface area contributed by atoms with Crippen LogP contribution in [0.5, 0.6) is 0 Å². The standard InChI is InChI=1S/C16H21N5O/c1-14-4-6-18-21(14)13-16(22)20-9-7-19(8-10-20)12-15-3-2-5-17-11-15/h2-6,11H,7-10,12-13H2,1H3. The molecule has 0 bridgehead atoms. The average Bonchev–Trinajstić information content (AvgIpc) is 2.94. The van der Waals surface area contributed by atoms with E-state index in [1.165, 1.54) is 5.56 Å². The molecule has 3 heterocycles. The van der Waals surface area contributed by atoms with E-state index in [1.807, 2.05) is 30.2 Å². The Bertz CT molecular complexity index is 616. The minimum absolute atomic E-state index is 0.146. The van der Waals surface area contributed by atoms with Crippen LogP contribution in [-0.2, 0) is 17.9 Å². The van der Waals surface area contributed by atoms with Gasteiger partial charge in [0.05, 0.1) is 0 Å². The van der Waals surface area contributed by atoms with E-state index in [4.69, 9.17) is 0 Å². The molecule has 1 aliphatic heterocycles. The molecule has 0 aliphatic carbocycles. The van der Waals surface area contributed by atoms with Crippen LogP contribution in [0, 0.1) is 6.92 Å². The van der Waals surface area contributed by atoms with Gasteiger partial charge in [-0.3, -0.25) is 19.4 Å². The highest BCUT2D eigenvalue weighted by atomic mass is 16.2. The van der Waals surface area contributed by atoms with Gasteiger partial charge in [-0.15, -0.1) is 0 Å². The quantitative estimate of drug-likeness (QED) is 0.843. The van der Waals surface area contributed by atoms with Gasteiger partial charge in [-0.2, -0.15) is 5.10 Å². The number of hydrogen-bond donors (Lipinski definition) is 0. The Hall–Kier alpha value is -2.21. The molecule has 0 aromatic carbocycles. The highest BCUT2D eigenvalue weighted by Gasteiger charge is 2.21. The van der Waals surface area contributed by atoms with Crippen molar-refractivity contribution in [1.82, 2.24) is 24.6 Å². The number of nitrogens with zero attached hydrogens (tertiary/aromatic N) is 5. The summed E-state index contributed by atoms with van der Waals surface area (Å²) >= 11 is 0. The third-order valence-electron chi connectivity index (χ3n) is 4.07. The second kappa shape index (κ2) is 6.70. The van der Waals surface area contributed by atoms with E-state index in [0.717, 1.165) is 38.4 Å². The Morgan fingerprint density at radius 3 is 2.64 bits per heavy atom. The summed E-state index contributed by atoms with van der Waals surface area (Å²) in [7, 11) is 0. The summed E-state index contributed by atoms with van der Waals surface area (Å²) in [5, 5.41) is 4.17. The van der Waals surface area contributed by atoms with Gasteiger partial charge in [-0.25, -0.2) is 0 Å². The first-order chi connectivity index (χ1) is 10.7. The lowest BCUT2D eigenvalue weighted by Gasteiger charge is -2.34. The van der Waals surface area contributed by atoms with E-state index >= 15 is 0 Å². The summed E-state index contributed by atoms with van der Waals surface area (Å²) in [5.74, 6) is 0.146. The Morgan fingerprint density at radius 2 is 2.00 bits per heavy atom. The molecule has 0 spiro atoms. The van der Waals surface area contributed by atoms with Gasteiger partial charge >= 0.3 is 0 Å². The van der Waals surface area contributed by atoms with E-state index in [0.29, 0.717) is 6.54 Å². The first-order valence-electron chi connectivity index (χ1n) is 7.60. The highest BCUT2D eigenvalue weighted by molar-refractivity contribution is 5.76. The molecule has 0 unspecified atom stereocenters. The van der Waals surface area contributed by atoms with E-state index < -0.39 is 0 Å². The fourth-order valence-corrected chi connectivity index (χ4v) is 2.70. The van der Waals surface area contributed by atoms with Gasteiger partial charge in [0.1, 0.15) is 6.54 Å². The largest absolute Gasteiger partial charge is 0.339 e. The van der Waals surface area contributed by atoms with Crippen LogP contribution >= 0.6 is 0 Å². The van der Waals surface area contributed by atoms with Gasteiger partial charge in [-0.05, 0) is 24.6 Å². The molecule has 6 heteroatoms. The van der Waals surface area contributed by atoms with E-state index in [9.17, 15) is 4.79 Å². The Balaban J connectivity index is 1.49. The molecule has 22 heavy (non-hydrogen) atoms. The molecule has 1 saturated heterocycles. The second-order valence-electron chi connectivity index (χ2n) is 5.65. The molecule has 0 saturated carbocycles. The van der Waals surface area contributed by atoms with Crippen molar-refractivity contribution in [2.45, 2.75) is 20.0 Å². The number of pyridine rings is 1. The number of rotatable bonds is 4. The lowest BCUT2D eigenvalue weighted by molar-refractivity contribution is -0.133. The molecule has 6 nitrogen and oxygen atoms in total. The van der Waals surface area contributed by atoms with Gasteiger partial charge in [0.2, 0.25) is 5.91 Å². The molecule has 1 fully saturated rings. The number of hydrogen-bond acceptors (Lipinski definition) is 4. The average molecular weight is 299 g/mol. The molecule has 116 valence electrons. The first kappa shape index (κ1) is 14.7. The van der Waals surface area contributed by atoms with Crippen molar-refractivity contribution in [2.75, 3.05) is 26.2 Å². The highest BCUT2D eigenvalue weighted by Crippen LogP contribution is 2.08. The van der Waals surface area contributed by atoms with Crippen LogP contribution in [0.1, 0.15) is 11.3 Å². The van der Waals surface area contributed by atoms with Crippen LogP contribution in [0.15, 0.2) is 36.8 Å². The van der Waals surface area contributed by atoms with Crippen molar-refractivity contribution in [3.8, 4) is 0 Å². The Labute approximate surface area is 130 Å². The SMILES string of the molecule is Cc1ccnn1CC(=O)N1CCN(Cc2cccnc2)CC1.